The van der Waals surface area contributed by atoms with Gasteiger partial charge in [-0.3, -0.25) is 4.79 Å². The number of nitrogens with one attached hydrogen (secondary N) is 1. The van der Waals surface area contributed by atoms with Crippen LogP contribution in [0.25, 0.3) is 11.5 Å². The lowest BCUT2D eigenvalue weighted by molar-refractivity contribution is 0.0990. The molecule has 29 heavy (non-hydrogen) atoms. The Labute approximate surface area is 166 Å². The summed E-state index contributed by atoms with van der Waals surface area (Å²) in [7, 11) is 1.55. The molecule has 4 aromatic rings. The van der Waals surface area contributed by atoms with Gasteiger partial charge in [-0.25, -0.2) is 0 Å². The first-order valence-corrected chi connectivity index (χ1v) is 8.85. The molecule has 0 unspecified atom stereocenters. The van der Waals surface area contributed by atoms with Crippen molar-refractivity contribution in [3.05, 3.63) is 84.8 Å². The van der Waals surface area contributed by atoms with Gasteiger partial charge in [-0.05, 0) is 36.4 Å². The topological polar surface area (TPSA) is 86.5 Å². The van der Waals surface area contributed by atoms with E-state index in [0.717, 1.165) is 0 Å². The van der Waals surface area contributed by atoms with Crippen LogP contribution in [-0.4, -0.2) is 23.2 Å². The van der Waals surface area contributed by atoms with Crippen molar-refractivity contribution < 1.29 is 18.7 Å². The van der Waals surface area contributed by atoms with Crippen LogP contribution in [0.5, 0.6) is 17.2 Å². The largest absolute Gasteiger partial charge is 0.496 e. The maximum Gasteiger partial charge on any atom is 0.313 e. The molecule has 4 rings (SSSR count). The van der Waals surface area contributed by atoms with E-state index >= 15 is 0 Å². The molecule has 0 aliphatic rings. The Hall–Kier alpha value is -4.13. The molecule has 1 heterocycles. The molecule has 1 aromatic heterocycles. The maximum absolute atomic E-state index is 12.6. The highest BCUT2D eigenvalue weighted by molar-refractivity contribution is 6.01. The van der Waals surface area contributed by atoms with Gasteiger partial charge in [-0.15, -0.1) is 10.2 Å². The molecule has 1 N–H and O–H groups in total. The second-order valence-electron chi connectivity index (χ2n) is 5.98. The van der Waals surface area contributed by atoms with E-state index in [1.54, 1.807) is 37.4 Å². The lowest BCUT2D eigenvalue weighted by Gasteiger charge is -2.11. The molecule has 0 atom stereocenters. The average molecular weight is 387 g/mol. The van der Waals surface area contributed by atoms with E-state index < -0.39 is 5.91 Å². The van der Waals surface area contributed by atoms with Crippen LogP contribution in [0.15, 0.2) is 83.3 Å². The summed E-state index contributed by atoms with van der Waals surface area (Å²) >= 11 is 0. The zero-order valence-electron chi connectivity index (χ0n) is 15.5. The van der Waals surface area contributed by atoms with Crippen molar-refractivity contribution in [1.82, 2.24) is 10.2 Å². The fraction of sp³-hybridized carbons (Fsp3) is 0.0455. The molecule has 0 radical (unpaired) electrons. The molecule has 144 valence electrons. The van der Waals surface area contributed by atoms with E-state index in [2.05, 4.69) is 15.5 Å². The van der Waals surface area contributed by atoms with Crippen molar-refractivity contribution in [3.8, 4) is 28.7 Å². The minimum absolute atomic E-state index is 0.166. The van der Waals surface area contributed by atoms with E-state index in [4.69, 9.17) is 13.9 Å². The number of hydrogen-bond acceptors (Lipinski definition) is 6. The standard InChI is InChI=1S/C22H17N3O4/c1-27-18-13-7-5-11-16(18)21-24-25-22(29-21)20(26)23-17-12-6-8-14-19(17)28-15-9-3-2-4-10-15/h2-14H,1H3,(H,23,26). The van der Waals surface area contributed by atoms with Crippen LogP contribution in [0.3, 0.4) is 0 Å². The third kappa shape index (κ3) is 4.08. The van der Waals surface area contributed by atoms with E-state index in [-0.39, 0.29) is 11.8 Å². The molecule has 0 aliphatic heterocycles. The van der Waals surface area contributed by atoms with Gasteiger partial charge in [0.15, 0.2) is 5.75 Å². The van der Waals surface area contributed by atoms with Crippen LogP contribution in [0.1, 0.15) is 10.7 Å². The lowest BCUT2D eigenvalue weighted by Crippen LogP contribution is -2.13. The van der Waals surface area contributed by atoms with Gasteiger partial charge >= 0.3 is 11.8 Å². The fourth-order valence-electron chi connectivity index (χ4n) is 2.70. The number of carbonyl (C=O) groups is 1. The number of hydrogen-bond donors (Lipinski definition) is 1. The van der Waals surface area contributed by atoms with E-state index in [1.807, 2.05) is 48.5 Å². The van der Waals surface area contributed by atoms with Crippen LogP contribution in [-0.2, 0) is 0 Å². The van der Waals surface area contributed by atoms with Crippen molar-refractivity contribution in [2.75, 3.05) is 12.4 Å². The van der Waals surface area contributed by atoms with Gasteiger partial charge in [-0.1, -0.05) is 42.5 Å². The fourth-order valence-corrected chi connectivity index (χ4v) is 2.70. The second-order valence-corrected chi connectivity index (χ2v) is 5.98. The molecule has 0 fully saturated rings. The summed E-state index contributed by atoms with van der Waals surface area (Å²) in [6, 6.07) is 23.6. The highest BCUT2D eigenvalue weighted by Crippen LogP contribution is 2.31. The molecular formula is C22H17N3O4. The van der Waals surface area contributed by atoms with Crippen molar-refractivity contribution in [3.63, 3.8) is 0 Å². The predicted molar refractivity (Wildman–Crippen MR) is 107 cm³/mol. The molecule has 0 aliphatic carbocycles. The summed E-state index contributed by atoms with van der Waals surface area (Å²) in [5.74, 6) is 1.22. The quantitative estimate of drug-likeness (QED) is 0.512. The zero-order chi connectivity index (χ0) is 20.1. The number of anilines is 1. The number of carbonyl (C=O) groups excluding carboxylic acids is 1. The van der Waals surface area contributed by atoms with Crippen LogP contribution in [0.4, 0.5) is 5.69 Å². The smallest absolute Gasteiger partial charge is 0.313 e. The van der Waals surface area contributed by atoms with Gasteiger partial charge in [0.05, 0.1) is 18.4 Å². The van der Waals surface area contributed by atoms with Gasteiger partial charge in [-0.2, -0.15) is 0 Å². The monoisotopic (exact) mass is 387 g/mol. The molecule has 0 bridgehead atoms. The molecule has 1 amide bonds. The van der Waals surface area contributed by atoms with Crippen molar-refractivity contribution in [1.29, 1.82) is 0 Å². The summed E-state index contributed by atoms with van der Waals surface area (Å²) in [6.45, 7) is 0. The zero-order valence-corrected chi connectivity index (χ0v) is 15.5. The minimum atomic E-state index is -0.539. The van der Waals surface area contributed by atoms with E-state index in [1.165, 1.54) is 0 Å². The molecule has 0 spiro atoms. The van der Waals surface area contributed by atoms with Crippen molar-refractivity contribution in [2.24, 2.45) is 0 Å². The first-order valence-electron chi connectivity index (χ1n) is 8.85. The van der Waals surface area contributed by atoms with Gasteiger partial charge in [0, 0.05) is 0 Å². The van der Waals surface area contributed by atoms with Gasteiger partial charge in [0.2, 0.25) is 0 Å². The summed E-state index contributed by atoms with van der Waals surface area (Å²) in [6.07, 6.45) is 0. The number of methoxy groups -OCH3 is 1. The first-order chi connectivity index (χ1) is 14.2. The van der Waals surface area contributed by atoms with Gasteiger partial charge < -0.3 is 19.2 Å². The number of nitrogens with zero attached hydrogens (tertiary/aromatic N) is 2. The van der Waals surface area contributed by atoms with Crippen LogP contribution in [0.2, 0.25) is 0 Å². The highest BCUT2D eigenvalue weighted by Gasteiger charge is 2.19. The van der Waals surface area contributed by atoms with Crippen LogP contribution >= 0.6 is 0 Å². The Morgan fingerprint density at radius 2 is 1.55 bits per heavy atom. The van der Waals surface area contributed by atoms with E-state index in [0.29, 0.717) is 28.5 Å². The van der Waals surface area contributed by atoms with Crippen molar-refractivity contribution >= 4 is 11.6 Å². The third-order valence-electron chi connectivity index (χ3n) is 4.06. The lowest BCUT2D eigenvalue weighted by atomic mass is 10.2. The van der Waals surface area contributed by atoms with Gasteiger partial charge in [0.25, 0.3) is 5.89 Å². The number of benzene rings is 3. The Morgan fingerprint density at radius 3 is 2.34 bits per heavy atom. The SMILES string of the molecule is COc1ccccc1-c1nnc(C(=O)Nc2ccccc2Oc2ccccc2)o1. The molecule has 0 saturated carbocycles. The molecule has 7 heteroatoms. The molecule has 7 nitrogen and oxygen atoms in total. The second kappa shape index (κ2) is 8.26. The average Bonchev–Trinajstić information content (AvgIpc) is 3.26. The minimum Gasteiger partial charge on any atom is -0.496 e. The van der Waals surface area contributed by atoms with Crippen molar-refractivity contribution in [2.45, 2.75) is 0 Å². The maximum atomic E-state index is 12.6. The third-order valence-corrected chi connectivity index (χ3v) is 4.06. The number of rotatable bonds is 6. The highest BCUT2D eigenvalue weighted by atomic mass is 16.5. The summed E-state index contributed by atoms with van der Waals surface area (Å²) in [5, 5.41) is 10.6. The Morgan fingerprint density at radius 1 is 0.862 bits per heavy atom. The van der Waals surface area contributed by atoms with Crippen LogP contribution < -0.4 is 14.8 Å². The van der Waals surface area contributed by atoms with E-state index in [9.17, 15) is 4.79 Å². The normalized spacial score (nSPS) is 10.4. The number of ether oxygens (including phenoxy) is 2. The summed E-state index contributed by atoms with van der Waals surface area (Å²) < 4.78 is 16.7. The number of para-hydroxylation sites is 4. The molecule has 3 aromatic carbocycles. The number of aromatic nitrogens is 2. The Kier molecular flexibility index (Phi) is 5.20. The number of amides is 1. The summed E-state index contributed by atoms with van der Waals surface area (Å²) in [4.78, 5) is 12.6. The predicted octanol–water partition coefficient (Wildman–Crippen LogP) is 4.79. The summed E-state index contributed by atoms with van der Waals surface area (Å²) in [5.41, 5.74) is 1.09. The van der Waals surface area contributed by atoms with Crippen LogP contribution in [0, 0.1) is 0 Å². The first kappa shape index (κ1) is 18.2. The Bertz CT molecular complexity index is 1130. The molecular weight excluding hydrogens is 370 g/mol. The molecule has 0 saturated heterocycles. The van der Waals surface area contributed by atoms with Gasteiger partial charge in [0.1, 0.15) is 11.5 Å². The Balaban J connectivity index is 1.54.